The second-order valence-corrected chi connectivity index (χ2v) is 9.98. The van der Waals surface area contributed by atoms with Crippen molar-refractivity contribution >= 4 is 5.78 Å². The topological polar surface area (TPSA) is 57.5 Å². The molecule has 3 heteroatoms. The van der Waals surface area contributed by atoms with Crippen LogP contribution in [-0.2, 0) is 4.79 Å². The maximum Gasteiger partial charge on any atom is 0.155 e. The summed E-state index contributed by atoms with van der Waals surface area (Å²) >= 11 is 0. The second kappa shape index (κ2) is 6.74. The lowest BCUT2D eigenvalue weighted by molar-refractivity contribution is -0.116. The molecule has 5 rings (SSSR count). The third-order valence-electron chi connectivity index (χ3n) is 8.78. The standard InChI is InChI=1S/C23H34O3/c24-8-2-1-3-13-9-18(13)22-14(12-25)4-6-17-16-7-5-15(26)10-19(16)20-11-21(20)23(17)22/h10,13-14,16-18,20-25H,1-9,11-12H2. The molecule has 144 valence electrons. The maximum absolute atomic E-state index is 12.0. The number of ketones is 1. The van der Waals surface area contributed by atoms with Gasteiger partial charge in [-0.25, -0.2) is 0 Å². The van der Waals surface area contributed by atoms with Crippen LogP contribution in [-0.4, -0.2) is 29.2 Å². The molecule has 0 aromatic heterocycles. The average Bonchev–Trinajstić information content (AvgIpc) is 3.55. The highest BCUT2D eigenvalue weighted by atomic mass is 16.3. The van der Waals surface area contributed by atoms with Crippen molar-refractivity contribution in [2.24, 2.45) is 53.3 Å². The molecule has 0 aliphatic heterocycles. The lowest BCUT2D eigenvalue weighted by atomic mass is 9.54. The lowest BCUT2D eigenvalue weighted by Crippen LogP contribution is -2.45. The summed E-state index contributed by atoms with van der Waals surface area (Å²) in [5, 5.41) is 19.2. The minimum absolute atomic E-state index is 0.323. The summed E-state index contributed by atoms with van der Waals surface area (Å²) in [6, 6.07) is 0. The molecule has 9 unspecified atom stereocenters. The van der Waals surface area contributed by atoms with Gasteiger partial charge >= 0.3 is 0 Å². The Labute approximate surface area is 157 Å². The number of hydrogen-bond donors (Lipinski definition) is 2. The normalized spacial score (nSPS) is 48.9. The summed E-state index contributed by atoms with van der Waals surface area (Å²) in [4.78, 5) is 12.0. The summed E-state index contributed by atoms with van der Waals surface area (Å²) in [6.07, 6.45) is 12.4. The number of carbonyl (C=O) groups excluding carboxylic acids is 1. The highest BCUT2D eigenvalue weighted by Crippen LogP contribution is 2.69. The van der Waals surface area contributed by atoms with Crippen LogP contribution in [0.15, 0.2) is 11.6 Å². The van der Waals surface area contributed by atoms with Gasteiger partial charge in [0, 0.05) is 19.6 Å². The summed E-state index contributed by atoms with van der Waals surface area (Å²) in [5.74, 6) is 7.08. The van der Waals surface area contributed by atoms with E-state index in [1.807, 2.05) is 6.08 Å². The molecule has 0 spiro atoms. The first-order valence-corrected chi connectivity index (χ1v) is 11.2. The molecule has 0 saturated heterocycles. The van der Waals surface area contributed by atoms with Crippen molar-refractivity contribution < 1.29 is 15.0 Å². The van der Waals surface area contributed by atoms with E-state index >= 15 is 0 Å². The van der Waals surface area contributed by atoms with Gasteiger partial charge in [0.2, 0.25) is 0 Å². The highest BCUT2D eigenvalue weighted by molar-refractivity contribution is 5.91. The number of aliphatic hydroxyl groups is 2. The molecule has 26 heavy (non-hydrogen) atoms. The predicted molar refractivity (Wildman–Crippen MR) is 100 cm³/mol. The van der Waals surface area contributed by atoms with Gasteiger partial charge in [0.05, 0.1) is 0 Å². The van der Waals surface area contributed by atoms with Gasteiger partial charge in [-0.2, -0.15) is 0 Å². The number of fused-ring (bicyclic) bond motifs is 6. The molecule has 2 N–H and O–H groups in total. The summed E-state index contributed by atoms with van der Waals surface area (Å²) in [7, 11) is 0. The van der Waals surface area contributed by atoms with Crippen molar-refractivity contribution in [2.75, 3.05) is 13.2 Å². The molecule has 4 fully saturated rings. The van der Waals surface area contributed by atoms with Gasteiger partial charge in [-0.05, 0) is 97.9 Å². The average molecular weight is 359 g/mol. The number of carbonyl (C=O) groups is 1. The molecule has 0 amide bonds. The zero-order chi connectivity index (χ0) is 17.8. The fourth-order valence-corrected chi connectivity index (χ4v) is 7.60. The summed E-state index contributed by atoms with van der Waals surface area (Å²) in [5.41, 5.74) is 1.53. The number of aliphatic hydroxyl groups excluding tert-OH is 2. The fourth-order valence-electron chi connectivity index (χ4n) is 7.60. The first kappa shape index (κ1) is 17.4. The van der Waals surface area contributed by atoms with Crippen LogP contribution in [0, 0.1) is 53.3 Å². The smallest absolute Gasteiger partial charge is 0.155 e. The zero-order valence-corrected chi connectivity index (χ0v) is 15.9. The van der Waals surface area contributed by atoms with E-state index in [0.717, 1.165) is 61.2 Å². The van der Waals surface area contributed by atoms with Gasteiger partial charge in [-0.3, -0.25) is 4.79 Å². The fraction of sp³-hybridized carbons (Fsp3) is 0.870. The molecule has 5 aliphatic rings. The second-order valence-electron chi connectivity index (χ2n) is 9.98. The SMILES string of the molecule is O=C1C=C2C(CC1)C1CCC(CO)C(C3CC3CCCCO)C1C1CC21. The molecule has 0 heterocycles. The quantitative estimate of drug-likeness (QED) is 0.714. The van der Waals surface area contributed by atoms with E-state index in [9.17, 15) is 9.90 Å². The zero-order valence-electron chi connectivity index (χ0n) is 15.9. The van der Waals surface area contributed by atoms with Crippen molar-refractivity contribution in [1.82, 2.24) is 0 Å². The highest BCUT2D eigenvalue weighted by Gasteiger charge is 2.63. The van der Waals surface area contributed by atoms with Gasteiger partial charge in [-0.1, -0.05) is 18.4 Å². The van der Waals surface area contributed by atoms with Crippen molar-refractivity contribution in [3.8, 4) is 0 Å². The number of rotatable bonds is 6. The van der Waals surface area contributed by atoms with Crippen LogP contribution in [0.4, 0.5) is 0 Å². The van der Waals surface area contributed by atoms with E-state index in [2.05, 4.69) is 0 Å². The van der Waals surface area contributed by atoms with Crippen molar-refractivity contribution in [3.63, 3.8) is 0 Å². The van der Waals surface area contributed by atoms with Crippen molar-refractivity contribution in [3.05, 3.63) is 11.6 Å². The van der Waals surface area contributed by atoms with Crippen LogP contribution in [0.3, 0.4) is 0 Å². The Morgan fingerprint density at radius 2 is 1.77 bits per heavy atom. The van der Waals surface area contributed by atoms with Crippen LogP contribution in [0.1, 0.15) is 57.8 Å². The van der Waals surface area contributed by atoms with E-state index in [0.29, 0.717) is 36.8 Å². The van der Waals surface area contributed by atoms with E-state index < -0.39 is 0 Å². The molecule has 5 aliphatic carbocycles. The molecular formula is C23H34O3. The maximum atomic E-state index is 12.0. The summed E-state index contributed by atoms with van der Waals surface area (Å²) in [6.45, 7) is 0.695. The molecule has 0 aromatic rings. The molecule has 9 atom stereocenters. The van der Waals surface area contributed by atoms with Gasteiger partial charge in [-0.15, -0.1) is 0 Å². The first-order chi connectivity index (χ1) is 12.7. The van der Waals surface area contributed by atoms with Gasteiger partial charge in [0.1, 0.15) is 0 Å². The molecule has 0 radical (unpaired) electrons. The van der Waals surface area contributed by atoms with Crippen LogP contribution in [0.2, 0.25) is 0 Å². The van der Waals surface area contributed by atoms with Crippen LogP contribution >= 0.6 is 0 Å². The van der Waals surface area contributed by atoms with Gasteiger partial charge < -0.3 is 10.2 Å². The third kappa shape index (κ3) is 2.81. The van der Waals surface area contributed by atoms with Crippen molar-refractivity contribution in [2.45, 2.75) is 57.8 Å². The molecule has 0 bridgehead atoms. The van der Waals surface area contributed by atoms with Crippen LogP contribution in [0.25, 0.3) is 0 Å². The Kier molecular flexibility index (Phi) is 4.52. The van der Waals surface area contributed by atoms with E-state index in [4.69, 9.17) is 5.11 Å². The Morgan fingerprint density at radius 1 is 0.885 bits per heavy atom. The molecule has 3 nitrogen and oxygen atoms in total. The van der Waals surface area contributed by atoms with E-state index in [1.165, 1.54) is 37.7 Å². The van der Waals surface area contributed by atoms with Crippen LogP contribution in [0.5, 0.6) is 0 Å². The Hall–Kier alpha value is -0.670. The van der Waals surface area contributed by atoms with Gasteiger partial charge in [0.25, 0.3) is 0 Å². The first-order valence-electron chi connectivity index (χ1n) is 11.2. The lowest BCUT2D eigenvalue weighted by Gasteiger charge is -2.50. The minimum atomic E-state index is 0.323. The Bertz CT molecular complexity index is 596. The summed E-state index contributed by atoms with van der Waals surface area (Å²) < 4.78 is 0. The minimum Gasteiger partial charge on any atom is -0.396 e. The third-order valence-corrected chi connectivity index (χ3v) is 8.78. The molecule has 0 aromatic carbocycles. The number of hydrogen-bond acceptors (Lipinski definition) is 3. The molecule has 4 saturated carbocycles. The van der Waals surface area contributed by atoms with E-state index in [1.54, 1.807) is 0 Å². The Balaban J connectivity index is 1.36. The monoisotopic (exact) mass is 358 g/mol. The number of allylic oxidation sites excluding steroid dienone is 2. The van der Waals surface area contributed by atoms with Gasteiger partial charge in [0.15, 0.2) is 5.78 Å². The molecular weight excluding hydrogens is 324 g/mol. The van der Waals surface area contributed by atoms with E-state index in [-0.39, 0.29) is 0 Å². The number of unbranched alkanes of at least 4 members (excludes halogenated alkanes) is 1. The van der Waals surface area contributed by atoms with Crippen molar-refractivity contribution in [1.29, 1.82) is 0 Å². The largest absolute Gasteiger partial charge is 0.396 e. The Morgan fingerprint density at radius 3 is 2.58 bits per heavy atom. The predicted octanol–water partition coefficient (Wildman–Crippen LogP) is 3.59. The van der Waals surface area contributed by atoms with Crippen LogP contribution < -0.4 is 0 Å².